The van der Waals surface area contributed by atoms with E-state index >= 15 is 0 Å². The molecule has 0 saturated carbocycles. The highest BCUT2D eigenvalue weighted by Crippen LogP contribution is 2.06. The van der Waals surface area contributed by atoms with Crippen molar-refractivity contribution >= 4 is 30.4 Å². The van der Waals surface area contributed by atoms with Gasteiger partial charge in [0.15, 0.2) is 0 Å². The zero-order valence-electron chi connectivity index (χ0n) is 21.5. The first-order valence-corrected chi connectivity index (χ1v) is 13.0. The maximum absolute atomic E-state index is 12.6. The molecular formula is C23H46N4O8S. The molecule has 0 radical (unpaired) electrons. The molecule has 0 saturated heterocycles. The van der Waals surface area contributed by atoms with E-state index in [-0.39, 0.29) is 43.7 Å². The highest BCUT2D eigenvalue weighted by molar-refractivity contribution is 7.80. The fraction of sp³-hybridized carbons (Fsp3) is 0.870. The van der Waals surface area contributed by atoms with E-state index in [1.54, 1.807) is 0 Å². The number of carbonyl (C=O) groups excluding carboxylic acids is 3. The van der Waals surface area contributed by atoms with E-state index in [0.717, 1.165) is 19.3 Å². The number of aliphatic hydroxyl groups is 5. The SMILES string of the molecule is CC(S)CCCCNC(=O)CCNC(=O)[C@H](CCC(=O)NC[C@H](O)[C@@H](O)[C@H](O)[C@H](O)CO)NC(C)C. The predicted molar refractivity (Wildman–Crippen MR) is 138 cm³/mol. The third kappa shape index (κ3) is 16.3. The lowest BCUT2D eigenvalue weighted by atomic mass is 10.0. The summed E-state index contributed by atoms with van der Waals surface area (Å²) in [5.41, 5.74) is 0. The van der Waals surface area contributed by atoms with Gasteiger partial charge in [-0.1, -0.05) is 27.2 Å². The molecule has 0 aliphatic heterocycles. The average Bonchev–Trinajstić information content (AvgIpc) is 2.82. The van der Waals surface area contributed by atoms with Gasteiger partial charge in [-0.15, -0.1) is 0 Å². The molecule has 12 nitrogen and oxygen atoms in total. The largest absolute Gasteiger partial charge is 0.394 e. The summed E-state index contributed by atoms with van der Waals surface area (Å²) in [6, 6.07) is -0.720. The van der Waals surface area contributed by atoms with E-state index in [0.29, 0.717) is 11.8 Å². The number of unbranched alkanes of at least 4 members (excludes halogenated alkanes) is 1. The van der Waals surface area contributed by atoms with E-state index < -0.39 is 49.5 Å². The molecule has 0 aromatic carbocycles. The normalized spacial score (nSPS) is 16.5. The molecule has 0 aliphatic rings. The van der Waals surface area contributed by atoms with Crippen molar-refractivity contribution in [2.45, 2.75) is 101 Å². The quantitative estimate of drug-likeness (QED) is 0.0603. The van der Waals surface area contributed by atoms with Crippen molar-refractivity contribution in [2.75, 3.05) is 26.2 Å². The van der Waals surface area contributed by atoms with Crippen molar-refractivity contribution in [3.63, 3.8) is 0 Å². The Morgan fingerprint density at radius 2 is 1.39 bits per heavy atom. The fourth-order valence-corrected chi connectivity index (χ4v) is 3.44. The van der Waals surface area contributed by atoms with E-state index in [4.69, 9.17) is 5.11 Å². The third-order valence-electron chi connectivity index (χ3n) is 5.37. The number of hydrogen-bond donors (Lipinski definition) is 10. The third-order valence-corrected chi connectivity index (χ3v) is 5.63. The molecule has 6 atom stereocenters. The maximum atomic E-state index is 12.6. The molecule has 0 rings (SSSR count). The lowest BCUT2D eigenvalue weighted by Crippen LogP contribution is -2.50. The van der Waals surface area contributed by atoms with Gasteiger partial charge in [0, 0.05) is 38.5 Å². The molecule has 36 heavy (non-hydrogen) atoms. The standard InChI is InChI=1S/C23H46N4O8S/c1-14(2)27-16(23(35)25-11-9-20(32)24-10-5-4-6-15(3)36)7-8-19(31)26-12-17(29)21(33)22(34)18(30)13-28/h14-18,21-22,27-30,33-34,36H,4-13H2,1-3H3,(H,24,32)(H,25,35)(H,26,31)/t15?,16-,17-,18+,21+,22+/m0/s1. The van der Waals surface area contributed by atoms with Crippen molar-refractivity contribution in [1.29, 1.82) is 0 Å². The minimum atomic E-state index is -1.78. The van der Waals surface area contributed by atoms with Gasteiger partial charge in [0.1, 0.15) is 18.3 Å². The molecule has 3 amide bonds. The number of nitrogens with one attached hydrogen (secondary N) is 4. The average molecular weight is 539 g/mol. The number of aliphatic hydroxyl groups excluding tert-OH is 5. The van der Waals surface area contributed by atoms with Gasteiger partial charge < -0.3 is 46.8 Å². The van der Waals surface area contributed by atoms with E-state index in [2.05, 4.69) is 33.9 Å². The van der Waals surface area contributed by atoms with Crippen molar-refractivity contribution in [1.82, 2.24) is 21.3 Å². The smallest absolute Gasteiger partial charge is 0.237 e. The van der Waals surface area contributed by atoms with E-state index in [9.17, 15) is 34.8 Å². The van der Waals surface area contributed by atoms with Crippen LogP contribution in [-0.2, 0) is 14.4 Å². The van der Waals surface area contributed by atoms with Crippen LogP contribution in [0.5, 0.6) is 0 Å². The van der Waals surface area contributed by atoms with Gasteiger partial charge in [0.25, 0.3) is 0 Å². The van der Waals surface area contributed by atoms with E-state index in [1.165, 1.54) is 0 Å². The second-order valence-electron chi connectivity index (χ2n) is 9.25. The summed E-state index contributed by atoms with van der Waals surface area (Å²) in [5.74, 6) is -0.989. The summed E-state index contributed by atoms with van der Waals surface area (Å²) >= 11 is 4.31. The van der Waals surface area contributed by atoms with Crippen LogP contribution in [0.3, 0.4) is 0 Å². The summed E-state index contributed by atoms with van der Waals surface area (Å²) in [5, 5.41) is 58.7. The number of amides is 3. The Morgan fingerprint density at radius 3 is 1.97 bits per heavy atom. The summed E-state index contributed by atoms with van der Waals surface area (Å²) in [6.45, 7) is 5.27. The lowest BCUT2D eigenvalue weighted by Gasteiger charge is -2.25. The maximum Gasteiger partial charge on any atom is 0.237 e. The first kappa shape index (κ1) is 34.5. The topological polar surface area (TPSA) is 200 Å². The van der Waals surface area contributed by atoms with Gasteiger partial charge in [-0.25, -0.2) is 0 Å². The first-order chi connectivity index (χ1) is 16.9. The fourth-order valence-electron chi connectivity index (χ4n) is 3.26. The number of hydrogen-bond acceptors (Lipinski definition) is 10. The molecule has 212 valence electrons. The summed E-state index contributed by atoms with van der Waals surface area (Å²) in [7, 11) is 0. The Labute approximate surface area is 219 Å². The number of carbonyl (C=O) groups is 3. The molecule has 0 aromatic rings. The zero-order valence-corrected chi connectivity index (χ0v) is 22.4. The van der Waals surface area contributed by atoms with Crippen molar-refractivity contribution in [2.24, 2.45) is 0 Å². The summed E-state index contributed by atoms with van der Waals surface area (Å²) in [4.78, 5) is 36.7. The van der Waals surface area contributed by atoms with Gasteiger partial charge in [-0.05, 0) is 24.5 Å². The molecule has 0 aromatic heterocycles. The molecule has 1 unspecified atom stereocenters. The van der Waals surface area contributed by atoms with Crippen LogP contribution >= 0.6 is 12.6 Å². The van der Waals surface area contributed by atoms with Gasteiger partial charge in [-0.2, -0.15) is 12.6 Å². The summed E-state index contributed by atoms with van der Waals surface area (Å²) < 4.78 is 0. The van der Waals surface area contributed by atoms with Crippen molar-refractivity contribution < 1.29 is 39.9 Å². The Morgan fingerprint density at radius 1 is 0.778 bits per heavy atom. The lowest BCUT2D eigenvalue weighted by molar-refractivity contribution is -0.126. The molecule has 0 bridgehead atoms. The summed E-state index contributed by atoms with van der Waals surface area (Å²) in [6.07, 6.45) is -3.71. The van der Waals surface area contributed by atoms with Crippen LogP contribution in [0.15, 0.2) is 0 Å². The molecular weight excluding hydrogens is 492 g/mol. The molecule has 13 heteroatoms. The zero-order chi connectivity index (χ0) is 27.7. The van der Waals surface area contributed by atoms with Gasteiger partial charge in [0.05, 0.1) is 18.8 Å². The molecule has 0 aliphatic carbocycles. The predicted octanol–water partition coefficient (Wildman–Crippen LogP) is -2.20. The molecule has 0 heterocycles. The van der Waals surface area contributed by atoms with Crippen LogP contribution in [-0.4, -0.2) is 111 Å². The van der Waals surface area contributed by atoms with Crippen LogP contribution in [0.1, 0.15) is 59.3 Å². The second kappa shape index (κ2) is 19.6. The number of rotatable bonds is 20. The molecule has 0 fully saturated rings. The second-order valence-corrected chi connectivity index (χ2v) is 10.1. The van der Waals surface area contributed by atoms with Crippen LogP contribution < -0.4 is 21.3 Å². The van der Waals surface area contributed by atoms with Crippen LogP contribution in [0, 0.1) is 0 Å². The van der Waals surface area contributed by atoms with E-state index in [1.807, 2.05) is 20.8 Å². The van der Waals surface area contributed by atoms with Gasteiger partial charge >= 0.3 is 0 Å². The van der Waals surface area contributed by atoms with Crippen LogP contribution in [0.2, 0.25) is 0 Å². The molecule has 0 spiro atoms. The van der Waals surface area contributed by atoms with Crippen molar-refractivity contribution in [3.05, 3.63) is 0 Å². The Hall–Kier alpha value is -1.48. The number of thiol groups is 1. The Balaban J connectivity index is 4.41. The molecule has 9 N–H and O–H groups in total. The minimum absolute atomic E-state index is 0.0384. The van der Waals surface area contributed by atoms with Crippen molar-refractivity contribution in [3.8, 4) is 0 Å². The monoisotopic (exact) mass is 538 g/mol. The first-order valence-electron chi connectivity index (χ1n) is 12.5. The minimum Gasteiger partial charge on any atom is -0.394 e. The van der Waals surface area contributed by atoms with Gasteiger partial charge in [0.2, 0.25) is 17.7 Å². The van der Waals surface area contributed by atoms with Crippen LogP contribution in [0.4, 0.5) is 0 Å². The highest BCUT2D eigenvalue weighted by Gasteiger charge is 2.30. The van der Waals surface area contributed by atoms with Crippen LogP contribution in [0.25, 0.3) is 0 Å². The Bertz CT molecular complexity index is 641. The van der Waals surface area contributed by atoms with Gasteiger partial charge in [-0.3, -0.25) is 14.4 Å². The Kier molecular flexibility index (Phi) is 18.8. The highest BCUT2D eigenvalue weighted by atomic mass is 32.1.